The van der Waals surface area contributed by atoms with Gasteiger partial charge in [-0.2, -0.15) is 0 Å². The zero-order valence-electron chi connectivity index (χ0n) is 11.4. The highest BCUT2D eigenvalue weighted by Crippen LogP contribution is 2.19. The lowest BCUT2D eigenvalue weighted by molar-refractivity contribution is 0.0144. The lowest BCUT2D eigenvalue weighted by atomic mass is 10.0. The molecule has 100 valence electrons. The van der Waals surface area contributed by atoms with Crippen molar-refractivity contribution in [2.75, 3.05) is 19.0 Å². The molecule has 1 aromatic rings. The summed E-state index contributed by atoms with van der Waals surface area (Å²) in [5.41, 5.74) is 1.65. The summed E-state index contributed by atoms with van der Waals surface area (Å²) in [6.45, 7) is 6.51. The Morgan fingerprint density at radius 1 is 1.50 bits per heavy atom. The number of aromatic carboxylic acids is 1. The largest absolute Gasteiger partial charge is 0.478 e. The zero-order valence-corrected chi connectivity index (χ0v) is 11.4. The van der Waals surface area contributed by atoms with E-state index < -0.39 is 5.97 Å². The van der Waals surface area contributed by atoms with E-state index in [1.807, 2.05) is 19.1 Å². The van der Waals surface area contributed by atoms with Crippen LogP contribution in [-0.2, 0) is 4.74 Å². The number of benzene rings is 1. The summed E-state index contributed by atoms with van der Waals surface area (Å²) in [7, 11) is 1.68. The van der Waals surface area contributed by atoms with Gasteiger partial charge in [0.15, 0.2) is 0 Å². The topological polar surface area (TPSA) is 58.6 Å². The highest BCUT2D eigenvalue weighted by molar-refractivity contribution is 5.90. The van der Waals surface area contributed by atoms with Gasteiger partial charge in [-0.25, -0.2) is 4.79 Å². The Balaban J connectivity index is 2.80. The summed E-state index contributed by atoms with van der Waals surface area (Å²) in [4.78, 5) is 11.0. The minimum Gasteiger partial charge on any atom is -0.478 e. The third-order valence-corrected chi connectivity index (χ3v) is 3.38. The molecule has 0 saturated carbocycles. The van der Waals surface area contributed by atoms with Crippen molar-refractivity contribution >= 4 is 11.7 Å². The van der Waals surface area contributed by atoms with E-state index in [0.29, 0.717) is 12.1 Å². The molecule has 2 N–H and O–H groups in total. The van der Waals surface area contributed by atoms with Gasteiger partial charge in [0.05, 0.1) is 11.2 Å². The Kier molecular flexibility index (Phi) is 4.73. The average Bonchev–Trinajstić information content (AvgIpc) is 2.37. The number of carbonyl (C=O) groups is 1. The van der Waals surface area contributed by atoms with Crippen molar-refractivity contribution in [3.8, 4) is 0 Å². The second-order valence-corrected chi connectivity index (χ2v) is 4.70. The fourth-order valence-electron chi connectivity index (χ4n) is 1.59. The summed E-state index contributed by atoms with van der Waals surface area (Å²) in [6.07, 6.45) is 0.883. The lowest BCUT2D eigenvalue weighted by Gasteiger charge is -2.27. The van der Waals surface area contributed by atoms with Crippen molar-refractivity contribution < 1.29 is 14.6 Å². The van der Waals surface area contributed by atoms with Gasteiger partial charge in [0, 0.05) is 19.3 Å². The second-order valence-electron chi connectivity index (χ2n) is 4.70. The summed E-state index contributed by atoms with van der Waals surface area (Å²) in [5, 5.41) is 12.3. The highest BCUT2D eigenvalue weighted by atomic mass is 16.5. The first-order valence-corrected chi connectivity index (χ1v) is 6.05. The second kappa shape index (κ2) is 5.87. The fraction of sp³-hybridized carbons (Fsp3) is 0.500. The van der Waals surface area contributed by atoms with Gasteiger partial charge in [-0.1, -0.05) is 13.0 Å². The van der Waals surface area contributed by atoms with E-state index in [9.17, 15) is 4.79 Å². The first kappa shape index (κ1) is 14.5. The molecule has 0 heterocycles. The van der Waals surface area contributed by atoms with Crippen LogP contribution in [0.3, 0.4) is 0 Å². The molecule has 0 radical (unpaired) electrons. The standard InChI is InChI=1S/C14H21NO3/c1-5-14(3,18-4)9-15-11-7-6-10(2)12(8-11)13(16)17/h6-8,15H,5,9H2,1-4H3,(H,16,17). The summed E-state index contributed by atoms with van der Waals surface area (Å²) in [6, 6.07) is 5.35. The van der Waals surface area contributed by atoms with Crippen LogP contribution in [0.4, 0.5) is 5.69 Å². The van der Waals surface area contributed by atoms with Crippen molar-refractivity contribution in [1.82, 2.24) is 0 Å². The van der Waals surface area contributed by atoms with Crippen LogP contribution in [0.2, 0.25) is 0 Å². The molecule has 1 aromatic carbocycles. The Morgan fingerprint density at radius 2 is 2.17 bits per heavy atom. The molecule has 0 bridgehead atoms. The van der Waals surface area contributed by atoms with Gasteiger partial charge in [0.25, 0.3) is 0 Å². The summed E-state index contributed by atoms with van der Waals surface area (Å²) in [5.74, 6) is -0.902. The van der Waals surface area contributed by atoms with Crippen molar-refractivity contribution in [1.29, 1.82) is 0 Å². The molecule has 0 amide bonds. The number of hydrogen-bond acceptors (Lipinski definition) is 3. The van der Waals surface area contributed by atoms with Gasteiger partial charge in [-0.3, -0.25) is 0 Å². The van der Waals surface area contributed by atoms with Crippen LogP contribution in [0.5, 0.6) is 0 Å². The van der Waals surface area contributed by atoms with Crippen molar-refractivity contribution in [2.24, 2.45) is 0 Å². The maximum Gasteiger partial charge on any atom is 0.336 e. The number of rotatable bonds is 6. The SMILES string of the molecule is CCC(C)(CNc1ccc(C)c(C(=O)O)c1)OC. The Labute approximate surface area is 108 Å². The molecule has 0 spiro atoms. The lowest BCUT2D eigenvalue weighted by Crippen LogP contribution is -2.35. The quantitative estimate of drug-likeness (QED) is 0.816. The normalized spacial score (nSPS) is 14.0. The molecular weight excluding hydrogens is 230 g/mol. The van der Waals surface area contributed by atoms with Crippen molar-refractivity contribution in [3.63, 3.8) is 0 Å². The monoisotopic (exact) mass is 251 g/mol. The highest BCUT2D eigenvalue weighted by Gasteiger charge is 2.20. The summed E-state index contributed by atoms with van der Waals surface area (Å²) >= 11 is 0. The van der Waals surface area contributed by atoms with Crippen LogP contribution in [0.25, 0.3) is 0 Å². The third-order valence-electron chi connectivity index (χ3n) is 3.38. The van der Waals surface area contributed by atoms with Crippen LogP contribution in [0.1, 0.15) is 36.2 Å². The number of hydrogen-bond donors (Lipinski definition) is 2. The number of ether oxygens (including phenoxy) is 1. The Morgan fingerprint density at radius 3 is 2.67 bits per heavy atom. The van der Waals surface area contributed by atoms with E-state index in [0.717, 1.165) is 17.7 Å². The zero-order chi connectivity index (χ0) is 13.8. The van der Waals surface area contributed by atoms with Crippen molar-refractivity contribution in [3.05, 3.63) is 29.3 Å². The fourth-order valence-corrected chi connectivity index (χ4v) is 1.59. The Hall–Kier alpha value is -1.55. The van der Waals surface area contributed by atoms with Crippen LogP contribution in [0, 0.1) is 6.92 Å². The van der Waals surface area contributed by atoms with Gasteiger partial charge in [-0.05, 0) is 38.0 Å². The number of nitrogens with one attached hydrogen (secondary N) is 1. The number of carboxylic acid groups (broad SMARTS) is 1. The van der Waals surface area contributed by atoms with E-state index >= 15 is 0 Å². The van der Waals surface area contributed by atoms with Gasteiger partial charge in [0.2, 0.25) is 0 Å². The molecule has 4 heteroatoms. The average molecular weight is 251 g/mol. The molecule has 0 aliphatic rings. The minimum atomic E-state index is -0.902. The first-order chi connectivity index (χ1) is 8.41. The first-order valence-electron chi connectivity index (χ1n) is 6.05. The van der Waals surface area contributed by atoms with Crippen LogP contribution >= 0.6 is 0 Å². The maximum atomic E-state index is 11.0. The number of carboxylic acids is 1. The van der Waals surface area contributed by atoms with E-state index in [4.69, 9.17) is 9.84 Å². The van der Waals surface area contributed by atoms with Gasteiger partial charge >= 0.3 is 5.97 Å². The van der Waals surface area contributed by atoms with Gasteiger partial charge in [0.1, 0.15) is 0 Å². The predicted octanol–water partition coefficient (Wildman–Crippen LogP) is 2.92. The molecule has 1 rings (SSSR count). The molecule has 0 fully saturated rings. The molecule has 1 atom stereocenters. The molecule has 0 aliphatic carbocycles. The number of methoxy groups -OCH3 is 1. The van der Waals surface area contributed by atoms with Crippen LogP contribution in [0.15, 0.2) is 18.2 Å². The number of aryl methyl sites for hydroxylation is 1. The van der Waals surface area contributed by atoms with Crippen LogP contribution in [-0.4, -0.2) is 30.3 Å². The van der Waals surface area contributed by atoms with Crippen LogP contribution < -0.4 is 5.32 Å². The molecule has 18 heavy (non-hydrogen) atoms. The molecule has 0 saturated heterocycles. The Bertz CT molecular complexity index is 425. The third kappa shape index (κ3) is 3.47. The maximum absolute atomic E-state index is 11.0. The molecule has 0 aromatic heterocycles. The smallest absolute Gasteiger partial charge is 0.336 e. The van der Waals surface area contributed by atoms with E-state index in [1.54, 1.807) is 20.1 Å². The molecular formula is C14H21NO3. The molecule has 0 aliphatic heterocycles. The van der Waals surface area contributed by atoms with E-state index in [1.165, 1.54) is 0 Å². The van der Waals surface area contributed by atoms with Gasteiger partial charge < -0.3 is 15.2 Å². The van der Waals surface area contributed by atoms with E-state index in [2.05, 4.69) is 12.2 Å². The minimum absolute atomic E-state index is 0.242. The number of anilines is 1. The van der Waals surface area contributed by atoms with Crippen molar-refractivity contribution in [2.45, 2.75) is 32.8 Å². The van der Waals surface area contributed by atoms with E-state index in [-0.39, 0.29) is 5.60 Å². The molecule has 4 nitrogen and oxygen atoms in total. The summed E-state index contributed by atoms with van der Waals surface area (Å²) < 4.78 is 5.43. The molecule has 1 unspecified atom stereocenters. The predicted molar refractivity (Wildman–Crippen MR) is 72.3 cm³/mol. The van der Waals surface area contributed by atoms with Gasteiger partial charge in [-0.15, -0.1) is 0 Å².